The number of hydrogen-bond acceptors (Lipinski definition) is 4. The molecule has 2 aromatic carbocycles. The number of aryl methyl sites for hydroxylation is 2. The highest BCUT2D eigenvalue weighted by Gasteiger charge is 2.14. The third-order valence-electron chi connectivity index (χ3n) is 3.48. The fraction of sp³-hybridized carbons (Fsp3) is 0.333. The van der Waals surface area contributed by atoms with Crippen molar-refractivity contribution in [3.05, 3.63) is 65.2 Å². The zero-order valence-electron chi connectivity index (χ0n) is 13.5. The maximum Gasteiger partial charge on any atom is 0.297 e. The molecule has 0 spiro atoms. The summed E-state index contributed by atoms with van der Waals surface area (Å²) in [6.07, 6.45) is 1.01. The molecular weight excluding hydrogens is 312 g/mol. The van der Waals surface area contributed by atoms with Crippen molar-refractivity contribution < 1.29 is 17.3 Å². The van der Waals surface area contributed by atoms with Gasteiger partial charge < -0.3 is 4.74 Å². The van der Waals surface area contributed by atoms with E-state index in [2.05, 4.69) is 19.1 Å². The van der Waals surface area contributed by atoms with Crippen LogP contribution in [0.4, 0.5) is 0 Å². The summed E-state index contributed by atoms with van der Waals surface area (Å²) in [5, 5.41) is 0. The van der Waals surface area contributed by atoms with Crippen LogP contribution in [-0.4, -0.2) is 21.6 Å². The van der Waals surface area contributed by atoms with Crippen molar-refractivity contribution >= 4 is 10.1 Å². The minimum absolute atomic E-state index is 0.00323. The highest BCUT2D eigenvalue weighted by Crippen LogP contribution is 2.13. The van der Waals surface area contributed by atoms with Gasteiger partial charge in [0.2, 0.25) is 0 Å². The third kappa shape index (κ3) is 5.46. The summed E-state index contributed by atoms with van der Waals surface area (Å²) in [5.41, 5.74) is 3.34. The van der Waals surface area contributed by atoms with Crippen LogP contribution in [0.1, 0.15) is 23.6 Å². The highest BCUT2D eigenvalue weighted by molar-refractivity contribution is 7.86. The topological polar surface area (TPSA) is 52.6 Å². The lowest BCUT2D eigenvalue weighted by atomic mass is 10.1. The Bertz CT molecular complexity index is 704. The van der Waals surface area contributed by atoms with Crippen molar-refractivity contribution in [1.82, 2.24) is 0 Å². The van der Waals surface area contributed by atoms with E-state index in [0.29, 0.717) is 6.61 Å². The Labute approximate surface area is 138 Å². The van der Waals surface area contributed by atoms with Crippen molar-refractivity contribution in [3.8, 4) is 0 Å². The molecule has 0 amide bonds. The molecule has 0 aliphatic heterocycles. The van der Waals surface area contributed by atoms with E-state index in [1.54, 1.807) is 24.3 Å². The molecule has 0 aliphatic rings. The van der Waals surface area contributed by atoms with Crippen molar-refractivity contribution in [2.24, 2.45) is 0 Å². The van der Waals surface area contributed by atoms with Gasteiger partial charge in [0.05, 0.1) is 24.7 Å². The highest BCUT2D eigenvalue weighted by atomic mass is 32.2. The fourth-order valence-corrected chi connectivity index (χ4v) is 2.93. The lowest BCUT2D eigenvalue weighted by Crippen LogP contribution is -2.11. The first-order valence-electron chi connectivity index (χ1n) is 7.63. The van der Waals surface area contributed by atoms with Crippen LogP contribution < -0.4 is 0 Å². The van der Waals surface area contributed by atoms with Gasteiger partial charge in [-0.1, -0.05) is 48.9 Å². The summed E-state index contributed by atoms with van der Waals surface area (Å²) in [4.78, 5) is 0.165. The molecule has 0 aliphatic carbocycles. The molecule has 0 fully saturated rings. The van der Waals surface area contributed by atoms with E-state index in [0.717, 1.165) is 17.5 Å². The van der Waals surface area contributed by atoms with Crippen molar-refractivity contribution in [2.75, 3.05) is 13.2 Å². The Morgan fingerprint density at radius 1 is 0.870 bits per heavy atom. The second kappa shape index (κ2) is 8.24. The van der Waals surface area contributed by atoms with Gasteiger partial charge in [0.1, 0.15) is 0 Å². The SMILES string of the molecule is CCc1ccc(COCCOS(=O)(=O)c2ccc(C)cc2)cc1. The second-order valence-electron chi connectivity index (χ2n) is 5.31. The molecule has 23 heavy (non-hydrogen) atoms. The van der Waals surface area contributed by atoms with Crippen molar-refractivity contribution in [2.45, 2.75) is 31.8 Å². The average molecular weight is 334 g/mol. The van der Waals surface area contributed by atoms with Gasteiger partial charge in [-0.15, -0.1) is 0 Å². The Kier molecular flexibility index (Phi) is 6.33. The molecule has 0 saturated heterocycles. The van der Waals surface area contributed by atoms with E-state index in [1.165, 1.54) is 5.56 Å². The lowest BCUT2D eigenvalue weighted by Gasteiger charge is -2.07. The van der Waals surface area contributed by atoms with Gasteiger partial charge in [0, 0.05) is 0 Å². The van der Waals surface area contributed by atoms with Crippen LogP contribution >= 0.6 is 0 Å². The largest absolute Gasteiger partial charge is 0.374 e. The first kappa shape index (κ1) is 17.7. The number of benzene rings is 2. The molecule has 124 valence electrons. The molecule has 0 aromatic heterocycles. The molecule has 4 nitrogen and oxygen atoms in total. The predicted octanol–water partition coefficient (Wildman–Crippen LogP) is 3.48. The van der Waals surface area contributed by atoms with Gasteiger partial charge in [-0.3, -0.25) is 4.18 Å². The van der Waals surface area contributed by atoms with E-state index in [9.17, 15) is 8.42 Å². The zero-order valence-corrected chi connectivity index (χ0v) is 14.3. The lowest BCUT2D eigenvalue weighted by molar-refractivity contribution is 0.0907. The number of rotatable bonds is 8. The molecule has 5 heteroatoms. The average Bonchev–Trinajstić information content (AvgIpc) is 2.55. The van der Waals surface area contributed by atoms with Gasteiger partial charge in [-0.05, 0) is 36.6 Å². The van der Waals surface area contributed by atoms with E-state index in [4.69, 9.17) is 8.92 Å². The maximum atomic E-state index is 12.0. The van der Waals surface area contributed by atoms with E-state index < -0.39 is 10.1 Å². The summed E-state index contributed by atoms with van der Waals surface area (Å²) >= 11 is 0. The van der Waals surface area contributed by atoms with Crippen LogP contribution in [0.5, 0.6) is 0 Å². The van der Waals surface area contributed by atoms with E-state index in [-0.39, 0.29) is 18.1 Å². The molecule has 2 aromatic rings. The monoisotopic (exact) mass is 334 g/mol. The molecule has 0 radical (unpaired) electrons. The van der Waals surface area contributed by atoms with E-state index in [1.807, 2.05) is 19.1 Å². The van der Waals surface area contributed by atoms with E-state index >= 15 is 0 Å². The Hall–Kier alpha value is -1.69. The molecule has 0 bridgehead atoms. The molecule has 2 rings (SSSR count). The van der Waals surface area contributed by atoms with Gasteiger partial charge >= 0.3 is 0 Å². The molecule has 0 heterocycles. The van der Waals surface area contributed by atoms with Crippen molar-refractivity contribution in [1.29, 1.82) is 0 Å². The molecule has 0 unspecified atom stereocenters. The standard InChI is InChI=1S/C18H22O4S/c1-3-16-6-8-17(9-7-16)14-21-12-13-22-23(19,20)18-10-4-15(2)5-11-18/h4-11H,3,12-14H2,1-2H3. The van der Waals surface area contributed by atoms with Crippen LogP contribution in [0.2, 0.25) is 0 Å². The van der Waals surface area contributed by atoms with Crippen LogP contribution in [0, 0.1) is 6.92 Å². The first-order chi connectivity index (χ1) is 11.0. The van der Waals surface area contributed by atoms with Crippen LogP contribution in [0.25, 0.3) is 0 Å². The Balaban J connectivity index is 1.75. The summed E-state index contributed by atoms with van der Waals surface area (Å²) in [7, 11) is -3.71. The number of ether oxygens (including phenoxy) is 1. The number of hydrogen-bond donors (Lipinski definition) is 0. The zero-order chi connectivity index (χ0) is 16.7. The smallest absolute Gasteiger partial charge is 0.297 e. The van der Waals surface area contributed by atoms with Crippen LogP contribution in [0.15, 0.2) is 53.4 Å². The Morgan fingerprint density at radius 2 is 1.48 bits per heavy atom. The van der Waals surface area contributed by atoms with Gasteiger partial charge in [-0.25, -0.2) is 0 Å². The molecule has 0 saturated carbocycles. The van der Waals surface area contributed by atoms with Gasteiger partial charge in [-0.2, -0.15) is 8.42 Å². The summed E-state index contributed by atoms with van der Waals surface area (Å²) in [6.45, 7) is 4.68. The minimum atomic E-state index is -3.71. The predicted molar refractivity (Wildman–Crippen MR) is 89.8 cm³/mol. The normalized spacial score (nSPS) is 11.6. The quantitative estimate of drug-likeness (QED) is 0.548. The summed E-state index contributed by atoms with van der Waals surface area (Å²) in [6, 6.07) is 14.7. The van der Waals surface area contributed by atoms with Crippen LogP contribution in [-0.2, 0) is 32.1 Å². The molecule has 0 N–H and O–H groups in total. The second-order valence-corrected chi connectivity index (χ2v) is 6.93. The molecule has 0 atom stereocenters. The summed E-state index contributed by atoms with van der Waals surface area (Å²) < 4.78 is 34.4. The van der Waals surface area contributed by atoms with Crippen molar-refractivity contribution in [3.63, 3.8) is 0 Å². The maximum absolute atomic E-state index is 12.0. The first-order valence-corrected chi connectivity index (χ1v) is 9.04. The third-order valence-corrected chi connectivity index (χ3v) is 4.80. The minimum Gasteiger partial charge on any atom is -0.374 e. The molecular formula is C18H22O4S. The van der Waals surface area contributed by atoms with Gasteiger partial charge in [0.15, 0.2) is 0 Å². The van der Waals surface area contributed by atoms with Crippen LogP contribution in [0.3, 0.4) is 0 Å². The fourth-order valence-electron chi connectivity index (χ4n) is 2.04. The summed E-state index contributed by atoms with van der Waals surface area (Å²) in [5.74, 6) is 0. The Morgan fingerprint density at radius 3 is 2.09 bits per heavy atom. The van der Waals surface area contributed by atoms with Gasteiger partial charge in [0.25, 0.3) is 10.1 Å².